The normalized spacial score (nSPS) is 19.3. The second kappa shape index (κ2) is 22.4. The van der Waals surface area contributed by atoms with Crippen LogP contribution in [-0.4, -0.2) is 77.0 Å². The van der Waals surface area contributed by atoms with Crippen LogP contribution in [0.25, 0.3) is 22.5 Å². The summed E-state index contributed by atoms with van der Waals surface area (Å²) >= 11 is 3.31. The van der Waals surface area contributed by atoms with Crippen molar-refractivity contribution < 1.29 is 14.3 Å². The molecule has 2 N–H and O–H groups in total. The molecule has 2 aliphatic carbocycles. The second-order valence-electron chi connectivity index (χ2n) is 14.6. The van der Waals surface area contributed by atoms with Crippen LogP contribution in [0.5, 0.6) is 5.75 Å². The number of amides is 2. The van der Waals surface area contributed by atoms with Crippen molar-refractivity contribution in [2.75, 3.05) is 30.8 Å². The van der Waals surface area contributed by atoms with Gasteiger partial charge in [-0.15, -0.1) is 22.7 Å². The summed E-state index contributed by atoms with van der Waals surface area (Å²) < 4.78 is 5.44. The Labute approximate surface area is 333 Å². The third kappa shape index (κ3) is 12.5. The number of carbonyl (C=O) groups excluding carboxylic acids is 2. The van der Waals surface area contributed by atoms with Gasteiger partial charge in [-0.05, 0) is 103 Å². The Hall–Kier alpha value is -3.96. The van der Waals surface area contributed by atoms with Crippen LogP contribution in [-0.2, 0) is 9.59 Å². The molecular weight excluding hydrogens is 713 g/mol. The van der Waals surface area contributed by atoms with Crippen molar-refractivity contribution in [1.82, 2.24) is 19.8 Å². The minimum atomic E-state index is 0. The number of aromatic nitrogens is 2. The molecule has 0 bridgehead atoms. The number of para-hydroxylation sites is 1. The number of hydrogen-bond donors (Lipinski definition) is 2. The van der Waals surface area contributed by atoms with Crippen molar-refractivity contribution in [1.29, 1.82) is 0 Å². The van der Waals surface area contributed by atoms with Gasteiger partial charge in [0.25, 0.3) is 0 Å². The summed E-state index contributed by atoms with van der Waals surface area (Å²) in [6, 6.07) is 19.7. The zero-order valence-electron chi connectivity index (χ0n) is 31.4. The van der Waals surface area contributed by atoms with E-state index in [0.29, 0.717) is 30.0 Å². The number of nitrogens with zero attached hydrogens (tertiary/aromatic N) is 4. The van der Waals surface area contributed by atoms with Gasteiger partial charge in [-0.1, -0.05) is 57.3 Å². The highest BCUT2D eigenvalue weighted by Gasteiger charge is 2.27. The van der Waals surface area contributed by atoms with E-state index < -0.39 is 0 Å². The monoisotopic (exact) mass is 776 g/mol. The molecule has 0 unspecified atom stereocenters. The van der Waals surface area contributed by atoms with Gasteiger partial charge in [0, 0.05) is 59.1 Å². The number of benzene rings is 2. The number of nitrogens with one attached hydrogen (secondary N) is 2. The van der Waals surface area contributed by atoms with Gasteiger partial charge < -0.3 is 25.2 Å². The largest absolute Gasteiger partial charge is 0.496 e. The number of hydrogen-bond acceptors (Lipinski definition) is 9. The number of methoxy groups -OCH3 is 1. The minimum Gasteiger partial charge on any atom is -0.496 e. The highest BCUT2D eigenvalue weighted by Crippen LogP contribution is 2.34. The molecule has 0 aliphatic heterocycles. The predicted molar refractivity (Wildman–Crippen MR) is 230 cm³/mol. The van der Waals surface area contributed by atoms with Gasteiger partial charge in [0.1, 0.15) is 5.75 Å². The molecule has 9 nitrogen and oxygen atoms in total. The van der Waals surface area contributed by atoms with Crippen molar-refractivity contribution >= 4 is 45.8 Å². The average molecular weight is 777 g/mol. The van der Waals surface area contributed by atoms with Gasteiger partial charge in [0.2, 0.25) is 12.8 Å². The number of thiazole rings is 2. The molecule has 0 saturated heterocycles. The van der Waals surface area contributed by atoms with Crippen LogP contribution >= 0.6 is 22.7 Å². The van der Waals surface area contributed by atoms with Crippen LogP contribution in [0.15, 0.2) is 65.4 Å². The molecular formula is C43H64N6O3S2. The maximum absolute atomic E-state index is 11.3. The van der Waals surface area contributed by atoms with Crippen molar-refractivity contribution in [3.8, 4) is 28.3 Å². The van der Waals surface area contributed by atoms with E-state index in [4.69, 9.17) is 14.7 Å². The van der Waals surface area contributed by atoms with Crippen LogP contribution in [0.1, 0.15) is 93.9 Å². The summed E-state index contributed by atoms with van der Waals surface area (Å²) in [4.78, 5) is 35.8. The fraction of sp³-hybridized carbons (Fsp3) is 0.535. The molecule has 2 aromatic heterocycles. The number of anilines is 2. The van der Waals surface area contributed by atoms with Crippen molar-refractivity contribution in [2.24, 2.45) is 11.8 Å². The van der Waals surface area contributed by atoms with Crippen LogP contribution in [0.3, 0.4) is 0 Å². The third-order valence-electron chi connectivity index (χ3n) is 10.4. The predicted octanol–water partition coefficient (Wildman–Crippen LogP) is 10.6. The molecule has 296 valence electrons. The molecule has 2 saturated carbocycles. The smallest absolute Gasteiger partial charge is 0.210 e. The van der Waals surface area contributed by atoms with E-state index in [2.05, 4.69) is 61.2 Å². The zero-order valence-corrected chi connectivity index (χ0v) is 33.0. The summed E-state index contributed by atoms with van der Waals surface area (Å²) in [6.45, 7) is 10.2. The zero-order chi connectivity index (χ0) is 36.9. The average Bonchev–Trinajstić information content (AvgIpc) is 3.85. The molecule has 0 radical (unpaired) electrons. The van der Waals surface area contributed by atoms with Gasteiger partial charge >= 0.3 is 0 Å². The Morgan fingerprint density at radius 3 is 2.00 bits per heavy atom. The lowest BCUT2D eigenvalue weighted by Crippen LogP contribution is -2.42. The molecule has 54 heavy (non-hydrogen) atoms. The van der Waals surface area contributed by atoms with E-state index in [1.54, 1.807) is 29.8 Å². The van der Waals surface area contributed by atoms with Gasteiger partial charge in [-0.3, -0.25) is 9.59 Å². The molecule has 0 spiro atoms. The Morgan fingerprint density at radius 2 is 1.37 bits per heavy atom. The maximum Gasteiger partial charge on any atom is 0.210 e. The summed E-state index contributed by atoms with van der Waals surface area (Å²) in [5, 5.41) is 13.3. The van der Waals surface area contributed by atoms with Crippen molar-refractivity contribution in [2.45, 2.75) is 118 Å². The SMILES string of the molecule is C.C.CC(C)N(C=O)C1CCC(CNc2nc(-c3ccccc3)cs2)CC1.COc1ccccc1-c1csc(NC2CCC(CN(C=O)C(C)C)CC2)n1. The number of rotatable bonds is 15. The fourth-order valence-corrected chi connectivity index (χ4v) is 8.78. The molecule has 2 amide bonds. The third-order valence-corrected chi connectivity index (χ3v) is 12.0. The highest BCUT2D eigenvalue weighted by atomic mass is 32.1. The van der Waals surface area contributed by atoms with E-state index in [1.165, 1.54) is 12.8 Å². The van der Waals surface area contributed by atoms with Gasteiger partial charge in [0.15, 0.2) is 10.3 Å². The van der Waals surface area contributed by atoms with E-state index in [1.807, 2.05) is 52.3 Å². The van der Waals surface area contributed by atoms with Crippen LogP contribution in [0.2, 0.25) is 0 Å². The summed E-state index contributed by atoms with van der Waals surface area (Å²) in [5.74, 6) is 2.12. The van der Waals surface area contributed by atoms with Crippen molar-refractivity contribution in [3.05, 3.63) is 65.4 Å². The lowest BCUT2D eigenvalue weighted by atomic mass is 9.85. The van der Waals surface area contributed by atoms with Crippen LogP contribution in [0, 0.1) is 11.8 Å². The molecule has 2 aliphatic rings. The van der Waals surface area contributed by atoms with Gasteiger partial charge in [0.05, 0.1) is 18.5 Å². The minimum absolute atomic E-state index is 0. The number of carbonyl (C=O) groups is 2. The quantitative estimate of drug-likeness (QED) is 0.116. The summed E-state index contributed by atoms with van der Waals surface area (Å²) in [7, 11) is 1.69. The van der Waals surface area contributed by atoms with Gasteiger partial charge in [-0.25, -0.2) is 9.97 Å². The molecule has 4 aromatic rings. The number of ether oxygens (including phenoxy) is 1. The van der Waals surface area contributed by atoms with Crippen molar-refractivity contribution in [3.63, 3.8) is 0 Å². The second-order valence-corrected chi connectivity index (χ2v) is 16.3. The Bertz CT molecular complexity index is 1650. The molecule has 2 fully saturated rings. The van der Waals surface area contributed by atoms with E-state index in [9.17, 15) is 9.59 Å². The summed E-state index contributed by atoms with van der Waals surface area (Å²) in [6.07, 6.45) is 11.1. The van der Waals surface area contributed by atoms with E-state index in [0.717, 1.165) is 103 Å². The Balaban J connectivity index is 0.000000281. The van der Waals surface area contributed by atoms with E-state index in [-0.39, 0.29) is 20.9 Å². The molecule has 0 atom stereocenters. The summed E-state index contributed by atoms with van der Waals surface area (Å²) in [5.41, 5.74) is 4.17. The first-order valence-corrected chi connectivity index (χ1v) is 20.6. The lowest BCUT2D eigenvalue weighted by molar-refractivity contribution is -0.123. The molecule has 11 heteroatoms. The highest BCUT2D eigenvalue weighted by molar-refractivity contribution is 7.14. The first kappa shape index (κ1) is 44.4. The van der Waals surface area contributed by atoms with Gasteiger partial charge in [-0.2, -0.15) is 0 Å². The standard InChI is InChI=1S/C21H29N3O2S.C20H27N3OS.2CH4/c1-15(2)24(14-25)12-16-8-10-17(11-9-16)22-21-23-19(13-27-21)18-6-4-5-7-20(18)26-3;1-15(2)23(14-24)18-10-8-16(9-11-18)12-21-20-22-19(13-25-20)17-6-4-3-5-7-17;;/h4-7,13-17H,8-12H2,1-3H3,(H,22,23);3-7,13-16,18H,8-12H2,1-2H3,(H,21,22);2*1H4. The Morgan fingerprint density at radius 1 is 0.759 bits per heavy atom. The van der Waals surface area contributed by atoms with Crippen LogP contribution in [0.4, 0.5) is 10.3 Å². The van der Waals surface area contributed by atoms with E-state index >= 15 is 0 Å². The molecule has 2 heterocycles. The first-order chi connectivity index (χ1) is 25.3. The van der Waals surface area contributed by atoms with Crippen LogP contribution < -0.4 is 15.4 Å². The first-order valence-electron chi connectivity index (χ1n) is 18.8. The maximum atomic E-state index is 11.3. The lowest BCUT2D eigenvalue weighted by Gasteiger charge is -2.37. The molecule has 6 rings (SSSR count). The topological polar surface area (TPSA) is 99.7 Å². The molecule has 2 aromatic carbocycles. The Kier molecular flexibility index (Phi) is 18.5. The fourth-order valence-electron chi connectivity index (χ4n) is 7.26.